The number of hydrogen-bond acceptors (Lipinski definition) is 5. The number of benzene rings is 1. The second-order valence-electron chi connectivity index (χ2n) is 5.21. The lowest BCUT2D eigenvalue weighted by atomic mass is 10.1. The molecule has 1 aromatic carbocycles. The quantitative estimate of drug-likeness (QED) is 0.685. The zero-order valence-electron chi connectivity index (χ0n) is 11.8. The van der Waals surface area contributed by atoms with E-state index in [-0.39, 0.29) is 17.1 Å². The van der Waals surface area contributed by atoms with Crippen molar-refractivity contribution in [3.8, 4) is 0 Å². The molecule has 10 heteroatoms. The zero-order valence-corrected chi connectivity index (χ0v) is 13.5. The zero-order chi connectivity index (χ0) is 16.5. The molecule has 0 bridgehead atoms. The van der Waals surface area contributed by atoms with E-state index < -0.39 is 31.4 Å². The van der Waals surface area contributed by atoms with Crippen LogP contribution in [0.3, 0.4) is 0 Å². The maximum Gasteiger partial charge on any atom is 0.241 e. The molecule has 0 aliphatic rings. The van der Waals surface area contributed by atoms with Gasteiger partial charge in [0.1, 0.15) is 5.82 Å². The Labute approximate surface area is 123 Å². The minimum atomic E-state index is -3.96. The van der Waals surface area contributed by atoms with Crippen LogP contribution >= 0.6 is 0 Å². The van der Waals surface area contributed by atoms with Crippen molar-refractivity contribution in [2.75, 3.05) is 17.5 Å². The number of nitrogens with two attached hydrogens (primary N) is 1. The molecular weight excluding hydrogens is 321 g/mol. The second kappa shape index (κ2) is 5.87. The van der Waals surface area contributed by atoms with E-state index in [2.05, 4.69) is 4.72 Å². The highest BCUT2D eigenvalue weighted by molar-refractivity contribution is 7.92. The maximum absolute atomic E-state index is 13.8. The van der Waals surface area contributed by atoms with E-state index in [1.807, 2.05) is 4.72 Å². The first-order valence-corrected chi connectivity index (χ1v) is 9.25. The molecule has 7 nitrogen and oxygen atoms in total. The average Bonchev–Trinajstić information content (AvgIpc) is 2.28. The topological polar surface area (TPSA) is 118 Å². The molecule has 0 radical (unpaired) electrons. The summed E-state index contributed by atoms with van der Waals surface area (Å²) in [6.45, 7) is 3.23. The predicted molar refractivity (Wildman–Crippen MR) is 78.3 cm³/mol. The van der Waals surface area contributed by atoms with Gasteiger partial charge in [-0.05, 0) is 32.0 Å². The van der Waals surface area contributed by atoms with E-state index in [1.165, 1.54) is 0 Å². The number of rotatable bonds is 6. The number of halogens is 1. The molecule has 0 aromatic heterocycles. The molecule has 0 amide bonds. The fourth-order valence-corrected chi connectivity index (χ4v) is 3.41. The first kappa shape index (κ1) is 17.8. The number of nitrogens with one attached hydrogen (secondary N) is 2. The van der Waals surface area contributed by atoms with Crippen LogP contribution in [0.2, 0.25) is 0 Å². The van der Waals surface area contributed by atoms with Gasteiger partial charge in [0.15, 0.2) is 0 Å². The highest BCUT2D eigenvalue weighted by Crippen LogP contribution is 2.20. The van der Waals surface area contributed by atoms with E-state index in [0.29, 0.717) is 0 Å². The smallest absolute Gasteiger partial charge is 0.241 e. The maximum atomic E-state index is 13.8. The Kier molecular flexibility index (Phi) is 4.98. The summed E-state index contributed by atoms with van der Waals surface area (Å²) >= 11 is 0. The van der Waals surface area contributed by atoms with Crippen LogP contribution in [0.5, 0.6) is 0 Å². The predicted octanol–water partition coefficient (Wildman–Crippen LogP) is 0.213. The Morgan fingerprint density at radius 2 is 1.81 bits per heavy atom. The third-order valence-corrected chi connectivity index (χ3v) is 4.75. The molecule has 0 aliphatic carbocycles. The summed E-state index contributed by atoms with van der Waals surface area (Å²) in [5.74, 6) is -0.992. The van der Waals surface area contributed by atoms with Crippen LogP contribution in [0.25, 0.3) is 0 Å². The Balaban J connectivity index is 3.14. The van der Waals surface area contributed by atoms with Gasteiger partial charge < -0.3 is 5.73 Å². The van der Waals surface area contributed by atoms with Crippen LogP contribution in [0.15, 0.2) is 23.1 Å². The SMILES string of the molecule is CC(C)(CN)NS(=O)(=O)c1ccc(NS(C)(=O)=O)c(F)c1. The highest BCUT2D eigenvalue weighted by atomic mass is 32.2. The third-order valence-electron chi connectivity index (χ3n) is 2.47. The molecule has 21 heavy (non-hydrogen) atoms. The number of anilines is 1. The molecule has 1 aromatic rings. The minimum Gasteiger partial charge on any atom is -0.329 e. The van der Waals surface area contributed by atoms with Crippen LogP contribution in [-0.2, 0) is 20.0 Å². The van der Waals surface area contributed by atoms with Crippen LogP contribution < -0.4 is 15.2 Å². The first-order valence-electron chi connectivity index (χ1n) is 5.88. The van der Waals surface area contributed by atoms with Crippen molar-refractivity contribution < 1.29 is 21.2 Å². The normalized spacial score (nSPS) is 13.2. The molecule has 0 saturated carbocycles. The van der Waals surface area contributed by atoms with Crippen molar-refractivity contribution in [2.45, 2.75) is 24.3 Å². The van der Waals surface area contributed by atoms with Gasteiger partial charge >= 0.3 is 0 Å². The van der Waals surface area contributed by atoms with Gasteiger partial charge in [0.05, 0.1) is 16.8 Å². The molecule has 0 spiro atoms. The highest BCUT2D eigenvalue weighted by Gasteiger charge is 2.25. The monoisotopic (exact) mass is 339 g/mol. The molecule has 1 rings (SSSR count). The first-order chi connectivity index (χ1) is 9.36. The molecule has 4 N–H and O–H groups in total. The summed E-state index contributed by atoms with van der Waals surface area (Å²) in [5, 5.41) is 0. The van der Waals surface area contributed by atoms with Gasteiger partial charge in [0.2, 0.25) is 20.0 Å². The van der Waals surface area contributed by atoms with E-state index in [0.717, 1.165) is 24.5 Å². The Morgan fingerprint density at radius 3 is 2.24 bits per heavy atom. The summed E-state index contributed by atoms with van der Waals surface area (Å²) in [6, 6.07) is 2.88. The van der Waals surface area contributed by atoms with Gasteiger partial charge in [-0.3, -0.25) is 4.72 Å². The van der Waals surface area contributed by atoms with Crippen molar-refractivity contribution in [3.63, 3.8) is 0 Å². The largest absolute Gasteiger partial charge is 0.329 e. The molecule has 0 atom stereocenters. The summed E-state index contributed by atoms with van der Waals surface area (Å²) in [6.07, 6.45) is 0.864. The van der Waals surface area contributed by atoms with Crippen LogP contribution in [0, 0.1) is 5.82 Å². The second-order valence-corrected chi connectivity index (χ2v) is 8.64. The van der Waals surface area contributed by atoms with E-state index in [9.17, 15) is 21.2 Å². The lowest BCUT2D eigenvalue weighted by Crippen LogP contribution is -2.48. The lowest BCUT2D eigenvalue weighted by Gasteiger charge is -2.23. The third kappa shape index (κ3) is 5.23. The Bertz CT molecular complexity index is 730. The number of sulfonamides is 2. The van der Waals surface area contributed by atoms with Crippen molar-refractivity contribution in [1.82, 2.24) is 4.72 Å². The average molecular weight is 339 g/mol. The standard InChI is InChI=1S/C11H18FN3O4S2/c1-11(2,7-13)15-21(18,19)8-4-5-10(9(12)6-8)14-20(3,16)17/h4-6,14-15H,7,13H2,1-3H3. The van der Waals surface area contributed by atoms with Crippen molar-refractivity contribution >= 4 is 25.7 Å². The molecule has 0 fully saturated rings. The fraction of sp³-hybridized carbons (Fsp3) is 0.455. The van der Waals surface area contributed by atoms with Gasteiger partial charge in [-0.15, -0.1) is 0 Å². The van der Waals surface area contributed by atoms with Crippen LogP contribution in [-0.4, -0.2) is 35.2 Å². The summed E-state index contributed by atoms with van der Waals surface area (Å²) in [7, 11) is -7.61. The fourth-order valence-electron chi connectivity index (χ4n) is 1.41. The Morgan fingerprint density at radius 1 is 1.24 bits per heavy atom. The molecule has 0 unspecified atom stereocenters. The summed E-state index contributed by atoms with van der Waals surface area (Å²) in [4.78, 5) is -0.319. The lowest BCUT2D eigenvalue weighted by molar-refractivity contribution is 0.462. The van der Waals surface area contributed by atoms with E-state index >= 15 is 0 Å². The summed E-state index contributed by atoms with van der Waals surface area (Å²) in [5.41, 5.74) is 4.22. The van der Waals surface area contributed by atoms with Crippen molar-refractivity contribution in [2.24, 2.45) is 5.73 Å². The minimum absolute atomic E-state index is 0.0580. The van der Waals surface area contributed by atoms with Crippen molar-refractivity contribution in [3.05, 3.63) is 24.0 Å². The van der Waals surface area contributed by atoms with E-state index in [4.69, 9.17) is 5.73 Å². The molecule has 0 saturated heterocycles. The molecular formula is C11H18FN3O4S2. The summed E-state index contributed by atoms with van der Waals surface area (Å²) < 4.78 is 64.3. The molecule has 0 aliphatic heterocycles. The van der Waals surface area contributed by atoms with Crippen molar-refractivity contribution in [1.29, 1.82) is 0 Å². The van der Waals surface area contributed by atoms with Gasteiger partial charge in [-0.1, -0.05) is 0 Å². The molecule has 120 valence electrons. The van der Waals surface area contributed by atoms with Gasteiger partial charge in [-0.25, -0.2) is 25.9 Å². The Hall–Kier alpha value is -1.23. The van der Waals surface area contributed by atoms with Gasteiger partial charge in [0, 0.05) is 12.1 Å². The van der Waals surface area contributed by atoms with Crippen LogP contribution in [0.4, 0.5) is 10.1 Å². The van der Waals surface area contributed by atoms with Gasteiger partial charge in [-0.2, -0.15) is 0 Å². The molecule has 0 heterocycles. The number of hydrogen-bond donors (Lipinski definition) is 3. The van der Waals surface area contributed by atoms with Crippen LogP contribution in [0.1, 0.15) is 13.8 Å². The van der Waals surface area contributed by atoms with E-state index in [1.54, 1.807) is 13.8 Å². The van der Waals surface area contributed by atoms with Gasteiger partial charge in [0.25, 0.3) is 0 Å².